The molecule has 5 rings (SSSR count). The van der Waals surface area contributed by atoms with Gasteiger partial charge < -0.3 is 33.5 Å². The van der Waals surface area contributed by atoms with E-state index in [4.69, 9.17) is 28.4 Å². The van der Waals surface area contributed by atoms with E-state index in [9.17, 15) is 5.11 Å². The average molecular weight is 465 g/mol. The molecule has 3 aromatic carbocycles. The predicted octanol–water partition coefficient (Wildman–Crippen LogP) is 4.68. The molecule has 3 atom stereocenters. The van der Waals surface area contributed by atoms with Crippen molar-refractivity contribution in [3.8, 4) is 23.0 Å². The van der Waals surface area contributed by atoms with Crippen molar-refractivity contribution in [1.82, 2.24) is 0 Å². The second kappa shape index (κ2) is 9.93. The smallest absolute Gasteiger partial charge is 0.231 e. The van der Waals surface area contributed by atoms with Crippen LogP contribution in [-0.4, -0.2) is 31.1 Å². The van der Waals surface area contributed by atoms with Crippen LogP contribution in [0.25, 0.3) is 0 Å². The summed E-state index contributed by atoms with van der Waals surface area (Å²) in [6.07, 6.45) is -1.03. The second-order valence-electron chi connectivity index (χ2n) is 8.56. The first-order valence-corrected chi connectivity index (χ1v) is 11.4. The number of aliphatic hydroxyl groups excluding tert-OH is 1. The number of aliphatic hydroxyl groups is 1. The van der Waals surface area contributed by atoms with Crippen LogP contribution in [0.4, 0.5) is 0 Å². The third kappa shape index (κ3) is 5.28. The number of aryl methyl sites for hydroxylation is 1. The van der Waals surface area contributed by atoms with E-state index in [2.05, 4.69) is 0 Å². The fourth-order valence-corrected chi connectivity index (χ4v) is 4.03. The van der Waals surface area contributed by atoms with Crippen molar-refractivity contribution in [2.75, 3.05) is 13.6 Å². The largest absolute Gasteiger partial charge is 0.454 e. The van der Waals surface area contributed by atoms with E-state index in [0.717, 1.165) is 33.8 Å². The average Bonchev–Trinajstić information content (AvgIpc) is 3.47. The third-order valence-corrected chi connectivity index (χ3v) is 5.79. The van der Waals surface area contributed by atoms with Crippen LogP contribution < -0.4 is 18.9 Å². The van der Waals surface area contributed by atoms with Crippen molar-refractivity contribution in [2.45, 2.75) is 45.4 Å². The van der Waals surface area contributed by atoms with Crippen molar-refractivity contribution in [2.24, 2.45) is 0 Å². The Balaban J connectivity index is 1.26. The van der Waals surface area contributed by atoms with Gasteiger partial charge in [-0.15, -0.1) is 0 Å². The lowest BCUT2D eigenvalue weighted by Gasteiger charge is -2.26. The van der Waals surface area contributed by atoms with E-state index in [1.165, 1.54) is 0 Å². The van der Waals surface area contributed by atoms with Crippen molar-refractivity contribution in [3.63, 3.8) is 0 Å². The zero-order valence-electron chi connectivity index (χ0n) is 19.2. The van der Waals surface area contributed by atoms with E-state index in [1.54, 1.807) is 0 Å². The van der Waals surface area contributed by atoms with Crippen LogP contribution in [0, 0.1) is 6.92 Å². The molecule has 3 unspecified atom stereocenters. The first kappa shape index (κ1) is 22.5. The van der Waals surface area contributed by atoms with Crippen molar-refractivity contribution in [3.05, 3.63) is 82.9 Å². The molecular weight excluding hydrogens is 436 g/mol. The van der Waals surface area contributed by atoms with Crippen LogP contribution in [-0.2, 0) is 22.3 Å². The molecule has 7 heteroatoms. The maximum Gasteiger partial charge on any atom is 0.231 e. The lowest BCUT2D eigenvalue weighted by atomic mass is 10.1. The predicted molar refractivity (Wildman–Crippen MR) is 124 cm³/mol. The number of hydrogen-bond acceptors (Lipinski definition) is 7. The Morgan fingerprint density at radius 3 is 1.91 bits per heavy atom. The molecule has 7 nitrogen and oxygen atoms in total. The second-order valence-corrected chi connectivity index (χ2v) is 8.56. The minimum Gasteiger partial charge on any atom is -0.454 e. The monoisotopic (exact) mass is 464 g/mol. The topological polar surface area (TPSA) is 75.6 Å². The molecule has 0 amide bonds. The number of rotatable bonds is 9. The highest BCUT2D eigenvalue weighted by Crippen LogP contribution is 2.34. The lowest BCUT2D eigenvalue weighted by molar-refractivity contribution is -0.245. The van der Waals surface area contributed by atoms with E-state index in [0.29, 0.717) is 24.3 Å². The van der Waals surface area contributed by atoms with Gasteiger partial charge in [0, 0.05) is 12.0 Å². The minimum atomic E-state index is -1.07. The van der Waals surface area contributed by atoms with Gasteiger partial charge in [-0.25, -0.2) is 0 Å². The highest BCUT2D eigenvalue weighted by atomic mass is 16.7. The Morgan fingerprint density at radius 2 is 1.29 bits per heavy atom. The first-order chi connectivity index (χ1) is 16.5. The molecule has 0 radical (unpaired) electrons. The van der Waals surface area contributed by atoms with Gasteiger partial charge in [-0.2, -0.15) is 0 Å². The molecule has 0 spiro atoms. The molecule has 0 aliphatic carbocycles. The molecule has 3 aromatic rings. The Labute approximate surface area is 198 Å². The summed E-state index contributed by atoms with van der Waals surface area (Å²) in [5, 5.41) is 10.7. The number of ether oxygens (including phenoxy) is 6. The van der Waals surface area contributed by atoms with Crippen LogP contribution in [0.5, 0.6) is 23.0 Å². The van der Waals surface area contributed by atoms with Gasteiger partial charge >= 0.3 is 0 Å². The molecule has 2 heterocycles. The summed E-state index contributed by atoms with van der Waals surface area (Å²) in [4.78, 5) is 0. The molecule has 1 N–H and O–H groups in total. The van der Waals surface area contributed by atoms with Crippen LogP contribution >= 0.6 is 0 Å². The fourth-order valence-electron chi connectivity index (χ4n) is 4.03. The van der Waals surface area contributed by atoms with Gasteiger partial charge in [0.15, 0.2) is 35.6 Å². The van der Waals surface area contributed by atoms with Gasteiger partial charge in [0.05, 0.1) is 6.10 Å². The molecule has 178 valence electrons. The summed E-state index contributed by atoms with van der Waals surface area (Å²) < 4.78 is 33.9. The summed E-state index contributed by atoms with van der Waals surface area (Å²) in [5.41, 5.74) is 3.93. The van der Waals surface area contributed by atoms with Crippen molar-refractivity contribution < 1.29 is 33.5 Å². The molecule has 0 aromatic heterocycles. The Bertz CT molecular complexity index is 1060. The first-order valence-electron chi connectivity index (χ1n) is 11.4. The van der Waals surface area contributed by atoms with Crippen molar-refractivity contribution >= 4 is 0 Å². The lowest BCUT2D eigenvalue weighted by Crippen LogP contribution is -2.24. The van der Waals surface area contributed by atoms with Gasteiger partial charge in [-0.05, 0) is 55.7 Å². The van der Waals surface area contributed by atoms with Crippen LogP contribution in [0.3, 0.4) is 0 Å². The molecule has 0 saturated heterocycles. The molecular formula is C27H28O7. The van der Waals surface area contributed by atoms with Crippen LogP contribution in [0.2, 0.25) is 0 Å². The third-order valence-electron chi connectivity index (χ3n) is 5.79. The molecule has 0 fully saturated rings. The summed E-state index contributed by atoms with van der Waals surface area (Å²) in [5.74, 6) is 2.88. The standard InChI is InChI=1S/C27H28O7/c1-17-3-7-21(8-4-17)27(33-18(2)11-19-5-9-22-24(12-19)31-15-29-22)34-26(28)14-20-6-10-23-25(13-20)32-16-30-23/h3-10,12-13,18,26-28H,11,14-16H2,1-2H3. The van der Waals surface area contributed by atoms with E-state index in [-0.39, 0.29) is 19.7 Å². The van der Waals surface area contributed by atoms with Gasteiger partial charge in [0.2, 0.25) is 13.6 Å². The van der Waals surface area contributed by atoms with Gasteiger partial charge in [-0.3, -0.25) is 0 Å². The van der Waals surface area contributed by atoms with Crippen LogP contribution in [0.1, 0.15) is 35.5 Å². The van der Waals surface area contributed by atoms with Gasteiger partial charge in [0.25, 0.3) is 0 Å². The number of fused-ring (bicyclic) bond motifs is 2. The zero-order valence-corrected chi connectivity index (χ0v) is 19.2. The van der Waals surface area contributed by atoms with Crippen molar-refractivity contribution in [1.29, 1.82) is 0 Å². The van der Waals surface area contributed by atoms with E-state index >= 15 is 0 Å². The number of benzene rings is 3. The Hall–Kier alpha value is -3.26. The maximum atomic E-state index is 10.7. The molecule has 34 heavy (non-hydrogen) atoms. The van der Waals surface area contributed by atoms with E-state index < -0.39 is 12.6 Å². The molecule has 0 saturated carbocycles. The SMILES string of the molecule is Cc1ccc(C(OC(C)Cc2ccc3c(c2)OCO3)OC(O)Cc2ccc3c(c2)OCO3)cc1. The summed E-state index contributed by atoms with van der Waals surface area (Å²) in [7, 11) is 0. The van der Waals surface area contributed by atoms with Gasteiger partial charge in [0.1, 0.15) is 0 Å². The molecule has 2 aliphatic rings. The normalized spacial score (nSPS) is 16.3. The Morgan fingerprint density at radius 1 is 0.735 bits per heavy atom. The summed E-state index contributed by atoms with van der Waals surface area (Å²) >= 11 is 0. The van der Waals surface area contributed by atoms with Crippen LogP contribution in [0.15, 0.2) is 60.7 Å². The quantitative estimate of drug-likeness (QED) is 0.461. The highest BCUT2D eigenvalue weighted by molar-refractivity contribution is 5.45. The maximum absolute atomic E-state index is 10.7. The number of hydrogen-bond donors (Lipinski definition) is 1. The molecule has 0 bridgehead atoms. The fraction of sp³-hybridized carbons (Fsp3) is 0.333. The highest BCUT2D eigenvalue weighted by Gasteiger charge is 2.23. The molecule has 2 aliphatic heterocycles. The van der Waals surface area contributed by atoms with E-state index in [1.807, 2.05) is 74.5 Å². The zero-order chi connectivity index (χ0) is 23.5. The summed E-state index contributed by atoms with van der Waals surface area (Å²) in [6.45, 7) is 4.47. The Kier molecular flexibility index (Phi) is 6.58. The summed E-state index contributed by atoms with van der Waals surface area (Å²) in [6, 6.07) is 19.4. The van der Waals surface area contributed by atoms with Gasteiger partial charge in [-0.1, -0.05) is 42.0 Å². The minimum absolute atomic E-state index is 0.176.